The molecule has 3 rings (SSSR count). The van der Waals surface area contributed by atoms with Gasteiger partial charge in [-0.2, -0.15) is 0 Å². The van der Waals surface area contributed by atoms with Gasteiger partial charge in [-0.25, -0.2) is 4.79 Å². The molecule has 2 aromatic carbocycles. The largest absolute Gasteiger partial charge is 0.390 e. The fraction of sp³-hybridized carbons (Fsp3) is 0.188. The first-order chi connectivity index (χ1) is 11.8. The van der Waals surface area contributed by atoms with Crippen molar-refractivity contribution >= 4 is 21.9 Å². The summed E-state index contributed by atoms with van der Waals surface area (Å²) >= 11 is 0. The van der Waals surface area contributed by atoms with Crippen LogP contribution in [0.4, 0.5) is 29.9 Å². The molecule has 2 atom stereocenters. The van der Waals surface area contributed by atoms with E-state index in [0.717, 1.165) is 17.7 Å². The van der Waals surface area contributed by atoms with E-state index in [1.54, 1.807) is 24.3 Å². The van der Waals surface area contributed by atoms with Gasteiger partial charge in [0.2, 0.25) is 0 Å². The van der Waals surface area contributed by atoms with Gasteiger partial charge in [-0.3, -0.25) is 0 Å². The number of urea groups is 1. The van der Waals surface area contributed by atoms with Crippen LogP contribution in [0.3, 0.4) is 0 Å². The monoisotopic (exact) mass is 394 g/mol. The van der Waals surface area contributed by atoms with Crippen molar-refractivity contribution in [3.05, 3.63) is 59.7 Å². The van der Waals surface area contributed by atoms with Gasteiger partial charge in [-0.15, -0.1) is 0 Å². The lowest BCUT2D eigenvalue weighted by molar-refractivity contribution is 0.144. The quantitative estimate of drug-likeness (QED) is 0.633. The maximum absolute atomic E-state index is 12.8. The van der Waals surface area contributed by atoms with Gasteiger partial charge in [0.25, 0.3) is 0 Å². The highest BCUT2D eigenvalue weighted by atomic mass is 32.5. The summed E-state index contributed by atoms with van der Waals surface area (Å²) in [6.07, 6.45) is -0.574. The van der Waals surface area contributed by atoms with Gasteiger partial charge >= 0.3 is 16.3 Å². The molecule has 0 heterocycles. The van der Waals surface area contributed by atoms with Crippen molar-refractivity contribution in [1.29, 1.82) is 0 Å². The number of benzene rings is 2. The second-order valence-corrected chi connectivity index (χ2v) is 8.45. The Bertz CT molecular complexity index is 873. The molecule has 0 aliphatic heterocycles. The molecule has 0 unspecified atom stereocenters. The smallest absolute Gasteiger partial charge is 0.319 e. The van der Waals surface area contributed by atoms with E-state index >= 15 is 0 Å². The zero-order chi connectivity index (χ0) is 19.2. The average Bonchev–Trinajstić information content (AvgIpc) is 2.81. The molecule has 0 spiro atoms. The Hall–Kier alpha value is -2.33. The highest BCUT2D eigenvalue weighted by Crippen LogP contribution is 3.02. The van der Waals surface area contributed by atoms with Crippen LogP contribution in [-0.2, 0) is 6.42 Å². The molecule has 1 aliphatic carbocycles. The Labute approximate surface area is 145 Å². The number of hydrogen-bond donors (Lipinski definition) is 3. The predicted octanol–water partition coefficient (Wildman–Crippen LogP) is 5.12. The first-order valence-electron chi connectivity index (χ1n) is 7.51. The van der Waals surface area contributed by atoms with Gasteiger partial charge in [0.05, 0.1) is 12.1 Å². The third-order valence-electron chi connectivity index (χ3n) is 4.03. The van der Waals surface area contributed by atoms with E-state index in [0.29, 0.717) is 12.0 Å². The molecule has 0 fully saturated rings. The molecule has 0 saturated heterocycles. The summed E-state index contributed by atoms with van der Waals surface area (Å²) in [7, 11) is -9.83. The zero-order valence-electron chi connectivity index (χ0n) is 13.1. The number of hydrogen-bond acceptors (Lipinski definition) is 2. The predicted molar refractivity (Wildman–Crippen MR) is 88.9 cm³/mol. The zero-order valence-corrected chi connectivity index (χ0v) is 14.0. The molecule has 26 heavy (non-hydrogen) atoms. The minimum Gasteiger partial charge on any atom is -0.390 e. The Balaban J connectivity index is 1.76. The minimum atomic E-state index is -9.83. The first-order valence-corrected chi connectivity index (χ1v) is 9.46. The highest BCUT2D eigenvalue weighted by Gasteiger charge is 2.65. The van der Waals surface area contributed by atoms with Gasteiger partial charge in [0, 0.05) is 12.1 Å². The molecule has 1 aliphatic rings. The molecule has 2 aromatic rings. The van der Waals surface area contributed by atoms with Gasteiger partial charge in [0.15, 0.2) is 0 Å². The van der Waals surface area contributed by atoms with Crippen LogP contribution in [0, 0.1) is 0 Å². The summed E-state index contributed by atoms with van der Waals surface area (Å²) < 4.78 is 64.2. The molecule has 142 valence electrons. The third kappa shape index (κ3) is 3.91. The lowest BCUT2D eigenvalue weighted by atomic mass is 10.1. The van der Waals surface area contributed by atoms with Crippen LogP contribution < -0.4 is 10.6 Å². The maximum Gasteiger partial charge on any atom is 0.319 e. The number of carbonyl (C=O) groups is 1. The van der Waals surface area contributed by atoms with Crippen LogP contribution in [-0.4, -0.2) is 17.2 Å². The molecule has 0 bridgehead atoms. The summed E-state index contributed by atoms with van der Waals surface area (Å²) in [6.45, 7) is 0. The Kier molecular flexibility index (Phi) is 3.79. The number of rotatable bonds is 3. The van der Waals surface area contributed by atoms with E-state index in [4.69, 9.17) is 0 Å². The second-order valence-electron chi connectivity index (χ2n) is 6.04. The molecular weight excluding hydrogens is 379 g/mol. The topological polar surface area (TPSA) is 61.4 Å². The number of carbonyl (C=O) groups excluding carboxylic acids is 1. The fourth-order valence-electron chi connectivity index (χ4n) is 2.87. The van der Waals surface area contributed by atoms with Crippen molar-refractivity contribution in [1.82, 2.24) is 5.32 Å². The number of nitrogens with one attached hydrogen (secondary N) is 2. The van der Waals surface area contributed by atoms with Crippen molar-refractivity contribution in [3.63, 3.8) is 0 Å². The number of anilines is 1. The third-order valence-corrected chi connectivity index (χ3v) is 5.17. The molecule has 4 nitrogen and oxygen atoms in total. The molecule has 0 saturated carbocycles. The van der Waals surface area contributed by atoms with E-state index in [2.05, 4.69) is 10.6 Å². The van der Waals surface area contributed by atoms with Crippen molar-refractivity contribution in [2.45, 2.75) is 23.5 Å². The van der Waals surface area contributed by atoms with Gasteiger partial charge in [0.1, 0.15) is 4.90 Å². The summed E-state index contributed by atoms with van der Waals surface area (Å²) in [4.78, 5) is 9.96. The summed E-state index contributed by atoms with van der Waals surface area (Å²) in [6, 6.07) is 7.62. The molecule has 2 amide bonds. The molecule has 3 N–H and O–H groups in total. The lowest BCUT2D eigenvalue weighted by Crippen LogP contribution is -2.36. The second kappa shape index (κ2) is 5.34. The van der Waals surface area contributed by atoms with Crippen LogP contribution in [0.15, 0.2) is 53.4 Å². The van der Waals surface area contributed by atoms with Crippen molar-refractivity contribution in [2.75, 3.05) is 5.32 Å². The number of fused-ring (bicyclic) bond motifs is 1. The van der Waals surface area contributed by atoms with Crippen LogP contribution in [0.1, 0.15) is 17.2 Å². The standard InChI is InChI=1S/C16H15F5N2O2S/c17-26(18,19,20,21)12-6-3-5-11(9-12)22-16(25)23-15-13-7-2-1-4-10(13)8-14(15)24/h1-7,9,14-15,24H,8H2,(H2,22,23,25)/t14-,15+/m0/s1. The van der Waals surface area contributed by atoms with E-state index in [-0.39, 0.29) is 12.1 Å². The number of aliphatic hydroxyl groups is 1. The SMILES string of the molecule is O=C(Nc1cccc(S(F)(F)(F)(F)F)c1)N[C@@H]1c2ccccc2C[C@@H]1O. The number of halogens is 5. The summed E-state index contributed by atoms with van der Waals surface area (Å²) in [5.74, 6) is 0. The Morgan fingerprint density at radius 3 is 2.42 bits per heavy atom. The number of amides is 2. The van der Waals surface area contributed by atoms with E-state index < -0.39 is 39.0 Å². The van der Waals surface area contributed by atoms with Gasteiger partial charge in [-0.1, -0.05) is 49.8 Å². The van der Waals surface area contributed by atoms with Gasteiger partial charge < -0.3 is 15.7 Å². The van der Waals surface area contributed by atoms with E-state index in [1.165, 1.54) is 0 Å². The van der Waals surface area contributed by atoms with E-state index in [9.17, 15) is 29.3 Å². The highest BCUT2D eigenvalue weighted by molar-refractivity contribution is 8.45. The molecular formula is C16H15F5N2O2S. The maximum atomic E-state index is 12.8. The minimum absolute atomic E-state index is 0.181. The summed E-state index contributed by atoms with van der Waals surface area (Å²) in [5, 5.41) is 14.6. The van der Waals surface area contributed by atoms with Crippen LogP contribution in [0.2, 0.25) is 0 Å². The average molecular weight is 394 g/mol. The van der Waals surface area contributed by atoms with Crippen LogP contribution in [0.25, 0.3) is 0 Å². The molecule has 0 radical (unpaired) electrons. The van der Waals surface area contributed by atoms with Crippen molar-refractivity contribution in [2.24, 2.45) is 0 Å². The van der Waals surface area contributed by atoms with Gasteiger partial charge in [-0.05, 0) is 29.3 Å². The normalized spacial score (nSPS) is 22.1. The van der Waals surface area contributed by atoms with E-state index in [1.807, 2.05) is 0 Å². The Morgan fingerprint density at radius 2 is 1.73 bits per heavy atom. The summed E-state index contributed by atoms with van der Waals surface area (Å²) in [5.41, 5.74) is 1.10. The van der Waals surface area contributed by atoms with Crippen LogP contribution in [0.5, 0.6) is 0 Å². The Morgan fingerprint density at radius 1 is 1.04 bits per heavy atom. The van der Waals surface area contributed by atoms with Crippen LogP contribution >= 0.6 is 10.2 Å². The fourth-order valence-corrected chi connectivity index (χ4v) is 3.56. The lowest BCUT2D eigenvalue weighted by Gasteiger charge is -2.40. The molecule has 10 heteroatoms. The van der Waals surface area contributed by atoms with Crippen molar-refractivity contribution in [3.8, 4) is 0 Å². The molecule has 0 aromatic heterocycles. The van der Waals surface area contributed by atoms with Crippen molar-refractivity contribution < 1.29 is 29.3 Å². The first kappa shape index (κ1) is 18.5. The number of aliphatic hydroxyl groups excluding tert-OH is 1.